The topological polar surface area (TPSA) is 72.3 Å². The van der Waals surface area contributed by atoms with Gasteiger partial charge in [-0.05, 0) is 18.8 Å². The predicted octanol–water partition coefficient (Wildman–Crippen LogP) is 2.17. The van der Waals surface area contributed by atoms with E-state index < -0.39 is 0 Å². The summed E-state index contributed by atoms with van der Waals surface area (Å²) < 4.78 is 7.57. The van der Waals surface area contributed by atoms with E-state index in [1.165, 1.54) is 11.8 Å². The molecule has 8 heteroatoms. The second kappa shape index (κ2) is 10.0. The van der Waals surface area contributed by atoms with E-state index in [4.69, 9.17) is 4.74 Å². The summed E-state index contributed by atoms with van der Waals surface area (Å²) >= 11 is 1.46. The first-order valence-corrected chi connectivity index (χ1v) is 10.2. The van der Waals surface area contributed by atoms with Crippen LogP contribution in [0.5, 0.6) is 0 Å². The van der Waals surface area contributed by atoms with Crippen molar-refractivity contribution in [3.63, 3.8) is 0 Å². The summed E-state index contributed by atoms with van der Waals surface area (Å²) in [6, 6.07) is 0.255. The largest absolute Gasteiger partial charge is 0.378 e. The number of morpholine rings is 1. The van der Waals surface area contributed by atoms with Crippen LogP contribution in [0.15, 0.2) is 5.16 Å². The molecule has 1 aliphatic heterocycles. The minimum atomic E-state index is 0.0609. The number of anilines is 1. The lowest BCUT2D eigenvalue weighted by atomic mass is 10.2. The third-order valence-electron chi connectivity index (χ3n) is 4.22. The number of amides is 1. The van der Waals surface area contributed by atoms with Crippen molar-refractivity contribution in [2.45, 2.75) is 58.3 Å². The Kier molecular flexibility index (Phi) is 8.02. The van der Waals surface area contributed by atoms with Crippen molar-refractivity contribution in [1.29, 1.82) is 0 Å². The molecule has 142 valence electrons. The standard InChI is InChI=1S/C17H31N5O2S/c1-5-14(6-2)18-15(23)12-25-17-20-19-16(22(17)11-13(3)4)21-7-9-24-10-8-21/h13-14H,5-12H2,1-4H3,(H,18,23). The average molecular weight is 370 g/mol. The zero-order valence-corrected chi connectivity index (χ0v) is 16.6. The summed E-state index contributed by atoms with van der Waals surface area (Å²) in [4.78, 5) is 14.4. The van der Waals surface area contributed by atoms with Gasteiger partial charge in [0.1, 0.15) is 0 Å². The van der Waals surface area contributed by atoms with E-state index >= 15 is 0 Å². The van der Waals surface area contributed by atoms with E-state index in [2.05, 4.69) is 52.7 Å². The molecule has 1 amide bonds. The first-order chi connectivity index (χ1) is 12.0. The van der Waals surface area contributed by atoms with Crippen molar-refractivity contribution >= 4 is 23.6 Å². The fourth-order valence-electron chi connectivity index (χ4n) is 2.80. The quantitative estimate of drug-likeness (QED) is 0.673. The van der Waals surface area contributed by atoms with Gasteiger partial charge in [-0.2, -0.15) is 0 Å². The van der Waals surface area contributed by atoms with E-state index in [0.29, 0.717) is 11.7 Å². The van der Waals surface area contributed by atoms with Gasteiger partial charge in [-0.1, -0.05) is 39.5 Å². The normalized spacial score (nSPS) is 15.2. The number of hydrogen-bond acceptors (Lipinski definition) is 6. The zero-order valence-electron chi connectivity index (χ0n) is 15.8. The van der Waals surface area contributed by atoms with Crippen LogP contribution in [-0.4, -0.2) is 58.8 Å². The van der Waals surface area contributed by atoms with E-state index in [1.807, 2.05) is 0 Å². The zero-order chi connectivity index (χ0) is 18.2. The molecule has 0 aliphatic carbocycles. The van der Waals surface area contributed by atoms with Crippen molar-refractivity contribution in [3.05, 3.63) is 0 Å². The number of ether oxygens (including phenoxy) is 1. The number of nitrogens with one attached hydrogen (secondary N) is 1. The monoisotopic (exact) mass is 369 g/mol. The molecule has 0 aromatic carbocycles. The lowest BCUT2D eigenvalue weighted by Crippen LogP contribution is -2.38. The van der Waals surface area contributed by atoms with Crippen molar-refractivity contribution in [1.82, 2.24) is 20.1 Å². The molecule has 0 spiro atoms. The maximum absolute atomic E-state index is 12.2. The number of aromatic nitrogens is 3. The molecule has 1 saturated heterocycles. The molecule has 25 heavy (non-hydrogen) atoms. The third-order valence-corrected chi connectivity index (χ3v) is 5.19. The van der Waals surface area contributed by atoms with Crippen LogP contribution in [0.3, 0.4) is 0 Å². The van der Waals surface area contributed by atoms with Crippen molar-refractivity contribution < 1.29 is 9.53 Å². The first kappa shape index (κ1) is 20.0. The van der Waals surface area contributed by atoms with Gasteiger partial charge < -0.3 is 15.0 Å². The summed E-state index contributed by atoms with van der Waals surface area (Å²) in [6.07, 6.45) is 1.91. The highest BCUT2D eigenvalue weighted by molar-refractivity contribution is 7.99. The number of carbonyl (C=O) groups is 1. The molecule has 1 aliphatic rings. The van der Waals surface area contributed by atoms with Crippen LogP contribution < -0.4 is 10.2 Å². The van der Waals surface area contributed by atoms with Crippen LogP contribution in [0, 0.1) is 5.92 Å². The second-order valence-corrected chi connectivity index (χ2v) is 7.70. The molecule has 0 bridgehead atoms. The lowest BCUT2D eigenvalue weighted by molar-refractivity contribution is -0.119. The highest BCUT2D eigenvalue weighted by Crippen LogP contribution is 2.24. The van der Waals surface area contributed by atoms with Gasteiger partial charge in [-0.3, -0.25) is 9.36 Å². The number of nitrogens with zero attached hydrogens (tertiary/aromatic N) is 4. The summed E-state index contributed by atoms with van der Waals surface area (Å²) in [5.41, 5.74) is 0. The predicted molar refractivity (Wildman–Crippen MR) is 101 cm³/mol. The minimum Gasteiger partial charge on any atom is -0.378 e. The Hall–Kier alpha value is -1.28. The maximum atomic E-state index is 12.2. The van der Waals surface area contributed by atoms with Gasteiger partial charge in [0, 0.05) is 25.7 Å². The molecule has 0 radical (unpaired) electrons. The lowest BCUT2D eigenvalue weighted by Gasteiger charge is -2.28. The summed E-state index contributed by atoms with van der Waals surface area (Å²) in [5.74, 6) is 1.80. The molecule has 0 unspecified atom stereocenters. The highest BCUT2D eigenvalue weighted by Gasteiger charge is 2.21. The van der Waals surface area contributed by atoms with Crippen LogP contribution in [0.1, 0.15) is 40.5 Å². The maximum Gasteiger partial charge on any atom is 0.230 e. The SMILES string of the molecule is CCC(CC)NC(=O)CSc1nnc(N2CCOCC2)n1CC(C)C. The smallest absolute Gasteiger partial charge is 0.230 e. The molecular formula is C17H31N5O2S. The Balaban J connectivity index is 2.03. The molecule has 1 aromatic heterocycles. The van der Waals surface area contributed by atoms with Crippen LogP contribution in [0.2, 0.25) is 0 Å². The van der Waals surface area contributed by atoms with Crippen LogP contribution in [-0.2, 0) is 16.1 Å². The van der Waals surface area contributed by atoms with Crippen LogP contribution in [0.25, 0.3) is 0 Å². The average Bonchev–Trinajstić information content (AvgIpc) is 3.00. The van der Waals surface area contributed by atoms with E-state index in [0.717, 1.165) is 56.8 Å². The van der Waals surface area contributed by atoms with E-state index in [-0.39, 0.29) is 11.9 Å². The van der Waals surface area contributed by atoms with Crippen LogP contribution in [0.4, 0.5) is 5.95 Å². The number of hydrogen-bond donors (Lipinski definition) is 1. The van der Waals surface area contributed by atoms with Gasteiger partial charge in [0.05, 0.1) is 19.0 Å². The highest BCUT2D eigenvalue weighted by atomic mass is 32.2. The van der Waals surface area contributed by atoms with Gasteiger partial charge in [-0.25, -0.2) is 0 Å². The Morgan fingerprint density at radius 1 is 1.24 bits per heavy atom. The third kappa shape index (κ3) is 5.88. The summed E-state index contributed by atoms with van der Waals surface area (Å²) in [7, 11) is 0. The summed E-state index contributed by atoms with van der Waals surface area (Å²) in [6.45, 7) is 12.5. The Morgan fingerprint density at radius 2 is 1.92 bits per heavy atom. The number of carbonyl (C=O) groups excluding carboxylic acids is 1. The molecule has 1 N–H and O–H groups in total. The minimum absolute atomic E-state index is 0.0609. The van der Waals surface area contributed by atoms with E-state index in [9.17, 15) is 4.79 Å². The fourth-order valence-corrected chi connectivity index (χ4v) is 3.56. The molecule has 0 atom stereocenters. The number of thioether (sulfide) groups is 1. The molecule has 7 nitrogen and oxygen atoms in total. The van der Waals surface area contributed by atoms with Gasteiger partial charge in [0.15, 0.2) is 5.16 Å². The summed E-state index contributed by atoms with van der Waals surface area (Å²) in [5, 5.41) is 12.6. The van der Waals surface area contributed by atoms with Crippen molar-refractivity contribution in [2.75, 3.05) is 37.0 Å². The molecule has 2 rings (SSSR count). The van der Waals surface area contributed by atoms with Gasteiger partial charge in [0.25, 0.3) is 0 Å². The van der Waals surface area contributed by atoms with Crippen LogP contribution >= 0.6 is 11.8 Å². The Bertz CT molecular complexity index is 539. The van der Waals surface area contributed by atoms with E-state index in [1.54, 1.807) is 0 Å². The fraction of sp³-hybridized carbons (Fsp3) is 0.824. The molecule has 0 saturated carbocycles. The van der Waals surface area contributed by atoms with Gasteiger partial charge >= 0.3 is 0 Å². The molecule has 1 aromatic rings. The molecule has 2 heterocycles. The van der Waals surface area contributed by atoms with Gasteiger partial charge in [0.2, 0.25) is 11.9 Å². The Morgan fingerprint density at radius 3 is 2.52 bits per heavy atom. The Labute approximate surface area is 154 Å². The second-order valence-electron chi connectivity index (χ2n) is 6.76. The number of rotatable bonds is 9. The van der Waals surface area contributed by atoms with Gasteiger partial charge in [-0.15, -0.1) is 10.2 Å². The molecular weight excluding hydrogens is 338 g/mol. The van der Waals surface area contributed by atoms with Crippen molar-refractivity contribution in [2.24, 2.45) is 5.92 Å². The van der Waals surface area contributed by atoms with Crippen molar-refractivity contribution in [3.8, 4) is 0 Å². The first-order valence-electron chi connectivity index (χ1n) is 9.23. The molecule has 1 fully saturated rings.